The molecule has 0 spiro atoms. The fourth-order valence-corrected chi connectivity index (χ4v) is 2.19. The van der Waals surface area contributed by atoms with Crippen LogP contribution in [0.4, 0.5) is 5.82 Å². The number of aryl methyl sites for hydroxylation is 1. The highest BCUT2D eigenvalue weighted by atomic mass is 16.5. The van der Waals surface area contributed by atoms with Crippen LogP contribution in [0.15, 0.2) is 30.6 Å². The first-order valence-corrected chi connectivity index (χ1v) is 5.64. The lowest BCUT2D eigenvalue weighted by molar-refractivity contribution is 0.421. The Bertz CT molecular complexity index is 711. The van der Waals surface area contributed by atoms with Gasteiger partial charge in [-0.15, -0.1) is 0 Å². The molecule has 3 N–H and O–H groups in total. The molecule has 0 aliphatic heterocycles. The van der Waals surface area contributed by atoms with E-state index in [1.807, 2.05) is 31.4 Å². The number of H-pyrrole nitrogens is 1. The molecule has 2 aromatic heterocycles. The number of anilines is 1. The number of fused-ring (bicyclic) bond motifs is 1. The highest BCUT2D eigenvalue weighted by Gasteiger charge is 2.15. The van der Waals surface area contributed by atoms with Gasteiger partial charge >= 0.3 is 0 Å². The number of nitrogens with two attached hydrogens (primary N) is 1. The molecule has 0 radical (unpaired) electrons. The van der Waals surface area contributed by atoms with E-state index in [9.17, 15) is 0 Å². The number of aromatic nitrogens is 3. The zero-order valence-electron chi connectivity index (χ0n) is 10.3. The zero-order chi connectivity index (χ0) is 12.7. The van der Waals surface area contributed by atoms with Gasteiger partial charge in [0, 0.05) is 35.3 Å². The minimum Gasteiger partial charge on any atom is -0.495 e. The molecule has 5 nitrogen and oxygen atoms in total. The second-order valence-electron chi connectivity index (χ2n) is 4.15. The highest BCUT2D eigenvalue weighted by Crippen LogP contribution is 2.38. The molecule has 0 atom stereocenters. The third-order valence-electron chi connectivity index (χ3n) is 3.16. The maximum Gasteiger partial charge on any atom is 0.136 e. The summed E-state index contributed by atoms with van der Waals surface area (Å²) >= 11 is 0. The molecule has 0 aliphatic rings. The van der Waals surface area contributed by atoms with Crippen molar-refractivity contribution in [2.24, 2.45) is 7.05 Å². The molecule has 18 heavy (non-hydrogen) atoms. The van der Waals surface area contributed by atoms with Gasteiger partial charge in [0.25, 0.3) is 0 Å². The number of methoxy groups -OCH3 is 1. The quantitative estimate of drug-likeness (QED) is 0.723. The van der Waals surface area contributed by atoms with Crippen LogP contribution in [0.25, 0.3) is 22.0 Å². The van der Waals surface area contributed by atoms with Crippen molar-refractivity contribution in [3.05, 3.63) is 30.6 Å². The van der Waals surface area contributed by atoms with E-state index < -0.39 is 0 Å². The second-order valence-corrected chi connectivity index (χ2v) is 4.15. The van der Waals surface area contributed by atoms with E-state index in [1.165, 1.54) is 0 Å². The first-order chi connectivity index (χ1) is 8.72. The smallest absolute Gasteiger partial charge is 0.136 e. The number of nitrogens with one attached hydrogen (secondary N) is 1. The summed E-state index contributed by atoms with van der Waals surface area (Å²) in [6, 6.07) is 5.99. The van der Waals surface area contributed by atoms with E-state index in [-0.39, 0.29) is 0 Å². The molecule has 2 heterocycles. The molecule has 0 unspecified atom stereocenters. The molecule has 92 valence electrons. The van der Waals surface area contributed by atoms with Gasteiger partial charge in [-0.05, 0) is 18.2 Å². The van der Waals surface area contributed by atoms with E-state index >= 15 is 0 Å². The molecule has 0 amide bonds. The number of benzene rings is 1. The van der Waals surface area contributed by atoms with E-state index in [0.717, 1.165) is 27.8 Å². The molecule has 3 aromatic rings. The Morgan fingerprint density at radius 3 is 2.78 bits per heavy atom. The summed E-state index contributed by atoms with van der Waals surface area (Å²) in [7, 11) is 3.48. The van der Waals surface area contributed by atoms with Gasteiger partial charge in [0.05, 0.1) is 13.3 Å². The Balaban J connectivity index is 2.31. The Labute approximate surface area is 104 Å². The number of rotatable bonds is 2. The lowest BCUT2D eigenvalue weighted by Crippen LogP contribution is -1.98. The van der Waals surface area contributed by atoms with Crippen molar-refractivity contribution in [3.8, 4) is 16.9 Å². The Morgan fingerprint density at radius 1 is 1.28 bits per heavy atom. The number of ether oxygens (including phenoxy) is 1. The van der Waals surface area contributed by atoms with Crippen LogP contribution in [-0.4, -0.2) is 21.9 Å². The number of nitrogen functional groups attached to an aromatic ring is 1. The zero-order valence-corrected chi connectivity index (χ0v) is 10.3. The van der Waals surface area contributed by atoms with Gasteiger partial charge in [0.15, 0.2) is 0 Å². The molecule has 0 bridgehead atoms. The van der Waals surface area contributed by atoms with Crippen molar-refractivity contribution >= 4 is 16.7 Å². The topological polar surface area (TPSA) is 68.9 Å². The standard InChI is InChI=1S/C13H14N4O/c1-17-13(14)10(7-16-17)8-3-4-11-9(5-6-15-11)12(8)18-2/h3-7,15H,14H2,1-2H3. The van der Waals surface area contributed by atoms with E-state index in [4.69, 9.17) is 10.5 Å². The largest absolute Gasteiger partial charge is 0.495 e. The van der Waals surface area contributed by atoms with Gasteiger partial charge in [-0.2, -0.15) is 5.10 Å². The van der Waals surface area contributed by atoms with Crippen LogP contribution < -0.4 is 10.5 Å². The minimum atomic E-state index is 0.628. The summed E-state index contributed by atoms with van der Waals surface area (Å²) in [6.07, 6.45) is 3.65. The van der Waals surface area contributed by atoms with E-state index in [0.29, 0.717) is 5.82 Å². The summed E-state index contributed by atoms with van der Waals surface area (Å²) in [5.41, 5.74) is 8.89. The number of nitrogens with zero attached hydrogens (tertiary/aromatic N) is 2. The highest BCUT2D eigenvalue weighted by molar-refractivity contribution is 5.95. The SMILES string of the molecule is COc1c(-c2cnn(C)c2N)ccc2[nH]ccc12. The van der Waals surface area contributed by atoms with Crippen LogP contribution in [-0.2, 0) is 7.05 Å². The maximum absolute atomic E-state index is 6.01. The Hall–Kier alpha value is -2.43. The van der Waals surface area contributed by atoms with Gasteiger partial charge in [-0.25, -0.2) is 0 Å². The van der Waals surface area contributed by atoms with Crippen LogP contribution >= 0.6 is 0 Å². The molecule has 0 saturated carbocycles. The van der Waals surface area contributed by atoms with Crippen molar-refractivity contribution in [3.63, 3.8) is 0 Å². The van der Waals surface area contributed by atoms with Gasteiger partial charge in [0.1, 0.15) is 11.6 Å². The monoisotopic (exact) mass is 242 g/mol. The van der Waals surface area contributed by atoms with Gasteiger partial charge in [-0.3, -0.25) is 4.68 Å². The Kier molecular flexibility index (Phi) is 2.26. The van der Waals surface area contributed by atoms with Crippen LogP contribution in [0.1, 0.15) is 0 Å². The average Bonchev–Trinajstić information content (AvgIpc) is 2.97. The predicted molar refractivity (Wildman–Crippen MR) is 71.5 cm³/mol. The fourth-order valence-electron chi connectivity index (χ4n) is 2.19. The molecule has 5 heteroatoms. The summed E-state index contributed by atoms with van der Waals surface area (Å²) < 4.78 is 7.17. The van der Waals surface area contributed by atoms with Gasteiger partial charge in [0.2, 0.25) is 0 Å². The molecule has 0 fully saturated rings. The normalized spacial score (nSPS) is 11.0. The van der Waals surface area contributed by atoms with Crippen LogP contribution in [0.3, 0.4) is 0 Å². The van der Waals surface area contributed by atoms with Crippen molar-refractivity contribution in [2.45, 2.75) is 0 Å². The number of hydrogen-bond acceptors (Lipinski definition) is 3. The van der Waals surface area contributed by atoms with Crippen LogP contribution in [0, 0.1) is 0 Å². The molecule has 3 rings (SSSR count). The number of aromatic amines is 1. The molecular formula is C13H14N4O. The van der Waals surface area contributed by atoms with Gasteiger partial charge in [-0.1, -0.05) is 0 Å². The average molecular weight is 242 g/mol. The van der Waals surface area contributed by atoms with Crippen molar-refractivity contribution in [1.29, 1.82) is 0 Å². The van der Waals surface area contributed by atoms with E-state index in [1.54, 1.807) is 18.0 Å². The first kappa shape index (κ1) is 10.7. The third kappa shape index (κ3) is 1.37. The van der Waals surface area contributed by atoms with Gasteiger partial charge < -0.3 is 15.5 Å². The Morgan fingerprint density at radius 2 is 2.11 bits per heavy atom. The predicted octanol–water partition coefficient (Wildman–Crippen LogP) is 2.16. The fraction of sp³-hybridized carbons (Fsp3) is 0.154. The summed E-state index contributed by atoms with van der Waals surface area (Å²) in [6.45, 7) is 0. The van der Waals surface area contributed by atoms with Crippen molar-refractivity contribution < 1.29 is 4.74 Å². The minimum absolute atomic E-state index is 0.628. The maximum atomic E-state index is 6.01. The van der Waals surface area contributed by atoms with Crippen molar-refractivity contribution in [2.75, 3.05) is 12.8 Å². The molecule has 0 aliphatic carbocycles. The summed E-state index contributed by atoms with van der Waals surface area (Å²) in [4.78, 5) is 3.16. The lowest BCUT2D eigenvalue weighted by atomic mass is 10.0. The van der Waals surface area contributed by atoms with E-state index in [2.05, 4.69) is 10.1 Å². The van der Waals surface area contributed by atoms with Crippen molar-refractivity contribution in [1.82, 2.24) is 14.8 Å². The number of hydrogen-bond donors (Lipinski definition) is 2. The summed E-state index contributed by atoms with van der Waals surface area (Å²) in [5.74, 6) is 1.44. The summed E-state index contributed by atoms with van der Waals surface area (Å²) in [5, 5.41) is 5.20. The van der Waals surface area contributed by atoms with Crippen LogP contribution in [0.5, 0.6) is 5.75 Å². The molecule has 1 aromatic carbocycles. The molecular weight excluding hydrogens is 228 g/mol. The molecule has 0 saturated heterocycles. The first-order valence-electron chi connectivity index (χ1n) is 5.64. The lowest BCUT2D eigenvalue weighted by Gasteiger charge is -2.09. The third-order valence-corrected chi connectivity index (χ3v) is 3.16. The second kappa shape index (κ2) is 3.80. The van der Waals surface area contributed by atoms with Crippen LogP contribution in [0.2, 0.25) is 0 Å².